The molecule has 1 aromatic rings. The Morgan fingerprint density at radius 1 is 1.45 bits per heavy atom. The molecule has 3 N–H and O–H groups in total. The first kappa shape index (κ1) is 15.9. The number of carboxylic acids is 1. The average molecular weight is 298 g/mol. The molecular formula is C12H14N2O5S. The molecule has 108 valence electrons. The van der Waals surface area contributed by atoms with Crippen molar-refractivity contribution in [2.24, 2.45) is 5.41 Å². The van der Waals surface area contributed by atoms with Crippen LogP contribution in [0.4, 0.5) is 0 Å². The van der Waals surface area contributed by atoms with E-state index in [2.05, 4.69) is 4.72 Å². The highest BCUT2D eigenvalue weighted by molar-refractivity contribution is 7.89. The summed E-state index contributed by atoms with van der Waals surface area (Å²) in [7, 11) is -3.95. The molecule has 0 spiro atoms. The molecule has 0 radical (unpaired) electrons. The van der Waals surface area contributed by atoms with Gasteiger partial charge in [0.1, 0.15) is 11.3 Å². The maximum Gasteiger partial charge on any atom is 0.339 e. The van der Waals surface area contributed by atoms with Gasteiger partial charge in [0.2, 0.25) is 10.0 Å². The van der Waals surface area contributed by atoms with Crippen LogP contribution in [0.2, 0.25) is 0 Å². The molecule has 0 heterocycles. The van der Waals surface area contributed by atoms with Crippen LogP contribution in [0, 0.1) is 16.7 Å². The predicted molar refractivity (Wildman–Crippen MR) is 69.6 cm³/mol. The number of nitrogens with one attached hydrogen (secondary N) is 1. The van der Waals surface area contributed by atoms with Crippen molar-refractivity contribution in [3.63, 3.8) is 0 Å². The summed E-state index contributed by atoms with van der Waals surface area (Å²) in [5.41, 5.74) is -1.40. The second kappa shape index (κ2) is 5.48. The molecule has 0 aliphatic carbocycles. The van der Waals surface area contributed by atoms with Crippen molar-refractivity contribution < 1.29 is 23.4 Å². The third-order valence-corrected chi connectivity index (χ3v) is 3.91. The molecule has 0 aliphatic rings. The van der Waals surface area contributed by atoms with Gasteiger partial charge in [-0.05, 0) is 32.0 Å². The van der Waals surface area contributed by atoms with Crippen molar-refractivity contribution in [3.05, 3.63) is 23.8 Å². The zero-order valence-corrected chi connectivity index (χ0v) is 11.7. The van der Waals surface area contributed by atoms with Crippen molar-refractivity contribution in [2.45, 2.75) is 18.7 Å². The highest BCUT2D eigenvalue weighted by Crippen LogP contribution is 2.22. The Labute approximate surface area is 116 Å². The maximum absolute atomic E-state index is 12.0. The van der Waals surface area contributed by atoms with Gasteiger partial charge >= 0.3 is 5.97 Å². The minimum absolute atomic E-state index is 0.116. The Bertz CT molecular complexity index is 674. The number of nitrogens with zero attached hydrogens (tertiary/aromatic N) is 1. The van der Waals surface area contributed by atoms with Gasteiger partial charge in [0.05, 0.1) is 16.4 Å². The first-order valence-corrected chi connectivity index (χ1v) is 7.04. The molecule has 0 bridgehead atoms. The van der Waals surface area contributed by atoms with Gasteiger partial charge in [0, 0.05) is 6.54 Å². The fourth-order valence-corrected chi connectivity index (χ4v) is 2.49. The molecule has 20 heavy (non-hydrogen) atoms. The monoisotopic (exact) mass is 298 g/mol. The Morgan fingerprint density at radius 3 is 2.55 bits per heavy atom. The summed E-state index contributed by atoms with van der Waals surface area (Å²) in [6.45, 7) is 3.01. The standard InChI is InChI=1S/C12H14N2O5S/c1-12(2,6-13)7-14-20(18,19)8-3-4-10(15)9(5-8)11(16)17/h3-5,14-15H,7H2,1-2H3,(H,16,17). The van der Waals surface area contributed by atoms with Crippen molar-refractivity contribution in [1.29, 1.82) is 5.26 Å². The average Bonchev–Trinajstić information content (AvgIpc) is 2.36. The molecule has 0 saturated heterocycles. The first-order valence-electron chi connectivity index (χ1n) is 5.56. The number of sulfonamides is 1. The number of carbonyl (C=O) groups is 1. The number of nitriles is 1. The summed E-state index contributed by atoms with van der Waals surface area (Å²) in [6.07, 6.45) is 0. The number of carboxylic acid groups (broad SMARTS) is 1. The highest BCUT2D eigenvalue weighted by atomic mass is 32.2. The minimum atomic E-state index is -3.95. The van der Waals surface area contributed by atoms with Crippen LogP contribution in [0.1, 0.15) is 24.2 Å². The molecule has 1 rings (SSSR count). The van der Waals surface area contributed by atoms with Gasteiger partial charge in [-0.2, -0.15) is 5.26 Å². The summed E-state index contributed by atoms with van der Waals surface area (Å²) < 4.78 is 26.2. The summed E-state index contributed by atoms with van der Waals surface area (Å²) in [5, 5.41) is 27.0. The lowest BCUT2D eigenvalue weighted by atomic mass is 9.97. The molecule has 0 saturated carbocycles. The van der Waals surface area contributed by atoms with Crippen LogP contribution >= 0.6 is 0 Å². The van der Waals surface area contributed by atoms with Gasteiger partial charge in [0.15, 0.2) is 0 Å². The number of hydrogen-bond donors (Lipinski definition) is 3. The fraction of sp³-hybridized carbons (Fsp3) is 0.333. The van der Waals surface area contributed by atoms with Crippen LogP contribution in [0.5, 0.6) is 5.75 Å². The molecule has 0 atom stereocenters. The number of rotatable bonds is 5. The van der Waals surface area contributed by atoms with Gasteiger partial charge in [-0.3, -0.25) is 0 Å². The summed E-state index contributed by atoms with van der Waals surface area (Å²) in [6, 6.07) is 4.88. The lowest BCUT2D eigenvalue weighted by molar-refractivity contribution is 0.0693. The van der Waals surface area contributed by atoms with E-state index in [4.69, 9.17) is 10.4 Å². The number of phenols is 1. The van der Waals surface area contributed by atoms with Crippen LogP contribution in [0.25, 0.3) is 0 Å². The zero-order valence-electron chi connectivity index (χ0n) is 10.9. The van der Waals surface area contributed by atoms with E-state index in [1.54, 1.807) is 13.8 Å². The van der Waals surface area contributed by atoms with Crippen molar-refractivity contribution in [3.8, 4) is 11.8 Å². The second-order valence-corrected chi connectivity index (χ2v) is 6.57. The third-order valence-electron chi connectivity index (χ3n) is 2.52. The normalized spacial score (nSPS) is 11.8. The van der Waals surface area contributed by atoms with E-state index in [-0.39, 0.29) is 11.4 Å². The zero-order chi connectivity index (χ0) is 15.6. The van der Waals surface area contributed by atoms with Crippen LogP contribution in [-0.2, 0) is 10.0 Å². The van der Waals surface area contributed by atoms with E-state index < -0.39 is 32.7 Å². The Hall–Kier alpha value is -2.11. The van der Waals surface area contributed by atoms with Crippen LogP contribution in [0.3, 0.4) is 0 Å². The predicted octanol–water partition coefficient (Wildman–Crippen LogP) is 0.918. The van der Waals surface area contributed by atoms with Gasteiger partial charge in [-0.1, -0.05) is 0 Å². The largest absolute Gasteiger partial charge is 0.507 e. The highest BCUT2D eigenvalue weighted by Gasteiger charge is 2.23. The van der Waals surface area contributed by atoms with Gasteiger partial charge < -0.3 is 10.2 Å². The molecule has 0 fully saturated rings. The number of aromatic hydroxyl groups is 1. The summed E-state index contributed by atoms with van der Waals surface area (Å²) in [5.74, 6) is -1.95. The molecule has 8 heteroatoms. The lowest BCUT2D eigenvalue weighted by Crippen LogP contribution is -2.33. The molecule has 1 aromatic carbocycles. The SMILES string of the molecule is CC(C)(C#N)CNS(=O)(=O)c1ccc(O)c(C(=O)O)c1. The lowest BCUT2D eigenvalue weighted by Gasteiger charge is -2.16. The Kier molecular flexibility index (Phi) is 4.37. The van der Waals surface area contributed by atoms with Crippen molar-refractivity contribution in [2.75, 3.05) is 6.54 Å². The Morgan fingerprint density at radius 2 is 2.05 bits per heavy atom. The van der Waals surface area contributed by atoms with E-state index in [1.807, 2.05) is 6.07 Å². The third kappa shape index (κ3) is 3.69. The molecule has 7 nitrogen and oxygen atoms in total. The number of hydrogen-bond acceptors (Lipinski definition) is 5. The molecule has 0 amide bonds. The van der Waals surface area contributed by atoms with E-state index in [0.29, 0.717) is 0 Å². The summed E-state index contributed by atoms with van der Waals surface area (Å²) >= 11 is 0. The number of benzene rings is 1. The molecule has 0 aliphatic heterocycles. The van der Waals surface area contributed by atoms with Crippen LogP contribution in [-0.4, -0.2) is 31.1 Å². The van der Waals surface area contributed by atoms with Crippen molar-refractivity contribution >= 4 is 16.0 Å². The van der Waals surface area contributed by atoms with E-state index in [1.165, 1.54) is 0 Å². The molecule has 0 unspecified atom stereocenters. The molecular weight excluding hydrogens is 284 g/mol. The smallest absolute Gasteiger partial charge is 0.339 e. The van der Waals surface area contributed by atoms with E-state index in [0.717, 1.165) is 18.2 Å². The Balaban J connectivity index is 3.09. The fourth-order valence-electron chi connectivity index (χ4n) is 1.25. The number of aromatic carboxylic acids is 1. The van der Waals surface area contributed by atoms with E-state index in [9.17, 15) is 18.3 Å². The molecule has 0 aromatic heterocycles. The summed E-state index contributed by atoms with van der Waals surface area (Å²) in [4.78, 5) is 10.6. The topological polar surface area (TPSA) is 127 Å². The quantitative estimate of drug-likeness (QED) is 0.741. The van der Waals surface area contributed by atoms with Gasteiger partial charge in [0.25, 0.3) is 0 Å². The van der Waals surface area contributed by atoms with Gasteiger partial charge in [-0.15, -0.1) is 0 Å². The van der Waals surface area contributed by atoms with Crippen molar-refractivity contribution in [1.82, 2.24) is 4.72 Å². The van der Waals surface area contributed by atoms with Crippen LogP contribution < -0.4 is 4.72 Å². The second-order valence-electron chi connectivity index (χ2n) is 4.80. The van der Waals surface area contributed by atoms with Gasteiger partial charge in [-0.25, -0.2) is 17.9 Å². The minimum Gasteiger partial charge on any atom is -0.507 e. The van der Waals surface area contributed by atoms with Crippen LogP contribution in [0.15, 0.2) is 23.1 Å². The van der Waals surface area contributed by atoms with E-state index >= 15 is 0 Å². The maximum atomic E-state index is 12.0. The first-order chi connectivity index (χ1) is 9.09.